The van der Waals surface area contributed by atoms with Crippen LogP contribution in [0.15, 0.2) is 24.3 Å². The lowest BCUT2D eigenvalue weighted by Crippen LogP contribution is -2.47. The minimum atomic E-state index is -0.610. The fourth-order valence-electron chi connectivity index (χ4n) is 1.54. The highest BCUT2D eigenvalue weighted by Gasteiger charge is 2.17. The largest absolute Gasteiger partial charge is 0.492 e. The molecule has 4 N–H and O–H groups in total. The van der Waals surface area contributed by atoms with E-state index in [0.717, 1.165) is 0 Å². The molecule has 7 heteroatoms. The normalized spacial score (nSPS) is 11.9. The van der Waals surface area contributed by atoms with Crippen molar-refractivity contribution in [3.8, 4) is 5.75 Å². The van der Waals surface area contributed by atoms with E-state index in [2.05, 4.69) is 10.6 Å². The molecule has 1 aromatic carbocycles. The first-order valence-corrected chi connectivity index (χ1v) is 7.46. The van der Waals surface area contributed by atoms with Gasteiger partial charge < -0.3 is 21.1 Å². The SMILES string of the molecule is CC(C)[C@H](N)C(=O)NCC(=O)NCCOc1ccc(Cl)cc1. The van der Waals surface area contributed by atoms with Gasteiger partial charge >= 0.3 is 0 Å². The van der Waals surface area contributed by atoms with Crippen molar-refractivity contribution < 1.29 is 14.3 Å². The number of ether oxygens (including phenoxy) is 1. The Kier molecular flexibility index (Phi) is 7.70. The molecule has 6 nitrogen and oxygen atoms in total. The highest BCUT2D eigenvalue weighted by Crippen LogP contribution is 2.14. The van der Waals surface area contributed by atoms with E-state index in [1.165, 1.54) is 0 Å². The lowest BCUT2D eigenvalue weighted by Gasteiger charge is -2.15. The Bertz CT molecular complexity index is 491. The van der Waals surface area contributed by atoms with E-state index < -0.39 is 6.04 Å². The molecular weight excluding hydrogens is 306 g/mol. The zero-order chi connectivity index (χ0) is 16.5. The standard InChI is InChI=1S/C15H22ClN3O3/c1-10(2)14(17)15(21)19-9-13(20)18-7-8-22-12-5-3-11(16)4-6-12/h3-6,10,14H,7-9,17H2,1-2H3,(H,18,20)(H,19,21)/t14-/m0/s1. The number of nitrogens with one attached hydrogen (secondary N) is 2. The van der Waals surface area contributed by atoms with E-state index in [4.69, 9.17) is 22.1 Å². The van der Waals surface area contributed by atoms with Gasteiger partial charge in [-0.3, -0.25) is 9.59 Å². The number of nitrogens with two attached hydrogens (primary N) is 1. The molecule has 0 saturated carbocycles. The summed E-state index contributed by atoms with van der Waals surface area (Å²) in [5.74, 6) is 0.0808. The zero-order valence-electron chi connectivity index (χ0n) is 12.8. The molecule has 22 heavy (non-hydrogen) atoms. The lowest BCUT2D eigenvalue weighted by atomic mass is 10.1. The predicted octanol–water partition coefficient (Wildman–Crippen LogP) is 0.935. The Balaban J connectivity index is 2.16. The van der Waals surface area contributed by atoms with Gasteiger partial charge in [-0.05, 0) is 30.2 Å². The molecule has 1 aromatic rings. The number of carbonyl (C=O) groups excluding carboxylic acids is 2. The van der Waals surface area contributed by atoms with Crippen molar-refractivity contribution in [2.24, 2.45) is 11.7 Å². The topological polar surface area (TPSA) is 93.5 Å². The summed E-state index contributed by atoms with van der Waals surface area (Å²) in [5.41, 5.74) is 5.67. The smallest absolute Gasteiger partial charge is 0.239 e. The first-order valence-electron chi connectivity index (χ1n) is 7.08. The monoisotopic (exact) mass is 327 g/mol. The van der Waals surface area contributed by atoms with Crippen LogP contribution in [0.5, 0.6) is 5.75 Å². The van der Waals surface area contributed by atoms with Gasteiger partial charge in [0.15, 0.2) is 0 Å². The van der Waals surface area contributed by atoms with Gasteiger partial charge in [-0.15, -0.1) is 0 Å². The number of benzene rings is 1. The summed E-state index contributed by atoms with van der Waals surface area (Å²) in [6.45, 7) is 4.26. The highest BCUT2D eigenvalue weighted by molar-refractivity contribution is 6.30. The number of halogens is 1. The molecule has 0 aliphatic carbocycles. The molecule has 1 atom stereocenters. The van der Waals surface area contributed by atoms with Gasteiger partial charge in [-0.1, -0.05) is 25.4 Å². The molecule has 122 valence electrons. The van der Waals surface area contributed by atoms with Crippen LogP contribution < -0.4 is 21.1 Å². The molecule has 0 unspecified atom stereocenters. The zero-order valence-corrected chi connectivity index (χ0v) is 13.5. The Morgan fingerprint density at radius 1 is 1.23 bits per heavy atom. The summed E-state index contributed by atoms with van der Waals surface area (Å²) < 4.78 is 5.43. The second-order valence-electron chi connectivity index (χ2n) is 5.14. The van der Waals surface area contributed by atoms with Gasteiger partial charge in [0.1, 0.15) is 12.4 Å². The number of carbonyl (C=O) groups is 2. The second-order valence-corrected chi connectivity index (χ2v) is 5.58. The molecule has 0 radical (unpaired) electrons. The third-order valence-corrected chi connectivity index (χ3v) is 3.20. The van der Waals surface area contributed by atoms with Crippen LogP contribution in [0.1, 0.15) is 13.8 Å². The van der Waals surface area contributed by atoms with E-state index in [1.54, 1.807) is 24.3 Å². The minimum absolute atomic E-state index is 0.0239. The van der Waals surface area contributed by atoms with E-state index in [0.29, 0.717) is 23.9 Å². The van der Waals surface area contributed by atoms with Crippen LogP contribution in [0.4, 0.5) is 0 Å². The number of hydrogen-bond acceptors (Lipinski definition) is 4. The molecule has 0 bridgehead atoms. The van der Waals surface area contributed by atoms with E-state index in [9.17, 15) is 9.59 Å². The average molecular weight is 328 g/mol. The van der Waals surface area contributed by atoms with Crippen molar-refractivity contribution in [1.82, 2.24) is 10.6 Å². The number of amides is 2. The molecule has 0 aromatic heterocycles. The van der Waals surface area contributed by atoms with Crippen LogP contribution in [0, 0.1) is 5.92 Å². The quantitative estimate of drug-likeness (QED) is 0.619. The maximum absolute atomic E-state index is 11.6. The summed E-state index contributed by atoms with van der Waals surface area (Å²) in [7, 11) is 0. The number of hydrogen-bond donors (Lipinski definition) is 3. The van der Waals surface area contributed by atoms with Crippen molar-refractivity contribution in [3.63, 3.8) is 0 Å². The summed E-state index contributed by atoms with van der Waals surface area (Å²) >= 11 is 5.76. The van der Waals surface area contributed by atoms with E-state index >= 15 is 0 Å². The van der Waals surface area contributed by atoms with Crippen LogP contribution in [0.25, 0.3) is 0 Å². The van der Waals surface area contributed by atoms with Crippen molar-refractivity contribution in [1.29, 1.82) is 0 Å². The first-order chi connectivity index (χ1) is 10.4. The Hall–Kier alpha value is -1.79. The third-order valence-electron chi connectivity index (χ3n) is 2.95. The minimum Gasteiger partial charge on any atom is -0.492 e. The molecule has 1 rings (SSSR count). The molecule has 2 amide bonds. The number of rotatable bonds is 8. The Morgan fingerprint density at radius 3 is 2.45 bits per heavy atom. The van der Waals surface area contributed by atoms with Crippen molar-refractivity contribution >= 4 is 23.4 Å². The molecule has 0 fully saturated rings. The summed E-state index contributed by atoms with van der Waals surface area (Å²) in [6.07, 6.45) is 0. The van der Waals surface area contributed by atoms with Gasteiger partial charge in [0.2, 0.25) is 11.8 Å². The first kappa shape index (κ1) is 18.3. The van der Waals surface area contributed by atoms with E-state index in [-0.39, 0.29) is 24.3 Å². The van der Waals surface area contributed by atoms with Crippen molar-refractivity contribution in [2.75, 3.05) is 19.7 Å². The average Bonchev–Trinajstić information content (AvgIpc) is 2.50. The molecule has 0 saturated heterocycles. The Labute approximate surface area is 135 Å². The summed E-state index contributed by atoms with van der Waals surface area (Å²) in [5, 5.41) is 5.77. The van der Waals surface area contributed by atoms with Gasteiger partial charge in [0.25, 0.3) is 0 Å². The maximum atomic E-state index is 11.6. The predicted molar refractivity (Wildman–Crippen MR) is 85.8 cm³/mol. The fourth-order valence-corrected chi connectivity index (χ4v) is 1.67. The molecule has 0 aliphatic heterocycles. The Morgan fingerprint density at radius 2 is 1.86 bits per heavy atom. The molecular formula is C15H22ClN3O3. The third kappa shape index (κ3) is 6.78. The van der Waals surface area contributed by atoms with Crippen LogP contribution in [-0.2, 0) is 9.59 Å². The molecule has 0 aliphatic rings. The fraction of sp³-hybridized carbons (Fsp3) is 0.467. The van der Waals surface area contributed by atoms with E-state index in [1.807, 2.05) is 13.8 Å². The van der Waals surface area contributed by atoms with Gasteiger partial charge in [0.05, 0.1) is 19.1 Å². The van der Waals surface area contributed by atoms with Crippen LogP contribution in [0.2, 0.25) is 5.02 Å². The second kappa shape index (κ2) is 9.27. The van der Waals surface area contributed by atoms with Crippen molar-refractivity contribution in [2.45, 2.75) is 19.9 Å². The molecule has 0 heterocycles. The highest BCUT2D eigenvalue weighted by atomic mass is 35.5. The van der Waals surface area contributed by atoms with Gasteiger partial charge in [0, 0.05) is 5.02 Å². The van der Waals surface area contributed by atoms with Gasteiger partial charge in [-0.2, -0.15) is 0 Å². The van der Waals surface area contributed by atoms with Crippen LogP contribution in [-0.4, -0.2) is 37.6 Å². The van der Waals surface area contributed by atoms with Crippen LogP contribution in [0.3, 0.4) is 0 Å². The van der Waals surface area contributed by atoms with Gasteiger partial charge in [-0.25, -0.2) is 0 Å². The maximum Gasteiger partial charge on any atom is 0.239 e. The van der Waals surface area contributed by atoms with Crippen LogP contribution >= 0.6 is 11.6 Å². The molecule has 0 spiro atoms. The lowest BCUT2D eigenvalue weighted by molar-refractivity contribution is -0.127. The summed E-state index contributed by atoms with van der Waals surface area (Å²) in [4.78, 5) is 23.1. The van der Waals surface area contributed by atoms with Crippen molar-refractivity contribution in [3.05, 3.63) is 29.3 Å². The summed E-state index contributed by atoms with van der Waals surface area (Å²) in [6, 6.07) is 6.34.